The topological polar surface area (TPSA) is 33.3 Å². The maximum Gasteiger partial charge on any atom is 0.175 e. The number of anilines is 2. The molecule has 0 unspecified atom stereocenters. The Morgan fingerprint density at radius 2 is 1.56 bits per heavy atom. The van der Waals surface area contributed by atoms with Gasteiger partial charge in [0.15, 0.2) is 10.9 Å². The molecule has 25 heavy (non-hydrogen) atoms. The molecule has 0 atom stereocenters. The number of rotatable bonds is 4. The summed E-state index contributed by atoms with van der Waals surface area (Å²) in [5.41, 5.74) is 0.859. The van der Waals surface area contributed by atoms with Crippen molar-refractivity contribution in [3.05, 3.63) is 83.6 Å². The first-order valence-electron chi connectivity index (χ1n) is 7.47. The molecule has 0 saturated heterocycles. The third kappa shape index (κ3) is 4.68. The molecule has 6 heteroatoms. The summed E-state index contributed by atoms with van der Waals surface area (Å²) in [7, 11) is 0. The normalized spacial score (nSPS) is 10.2. The van der Waals surface area contributed by atoms with Crippen molar-refractivity contribution in [2.75, 3.05) is 10.6 Å². The molecule has 0 saturated carbocycles. The summed E-state index contributed by atoms with van der Waals surface area (Å²) in [5.74, 6) is 0.840. The van der Waals surface area contributed by atoms with Crippen molar-refractivity contribution in [2.45, 2.75) is 0 Å². The van der Waals surface area contributed by atoms with Crippen LogP contribution in [0.15, 0.2) is 72.8 Å². The Bertz CT molecular complexity index is 890. The molecule has 0 aliphatic rings. The van der Waals surface area contributed by atoms with Crippen molar-refractivity contribution < 1.29 is 9.13 Å². The van der Waals surface area contributed by atoms with Gasteiger partial charge in [-0.25, -0.2) is 4.39 Å². The fraction of sp³-hybridized carbons (Fsp3) is 0. The zero-order chi connectivity index (χ0) is 17.6. The molecule has 0 heterocycles. The lowest BCUT2D eigenvalue weighted by atomic mass is 10.3. The van der Waals surface area contributed by atoms with Crippen LogP contribution in [-0.2, 0) is 0 Å². The Labute approximate surface area is 155 Å². The lowest BCUT2D eigenvalue weighted by molar-refractivity contribution is 0.485. The molecule has 0 radical (unpaired) electrons. The van der Waals surface area contributed by atoms with Gasteiger partial charge in [-0.1, -0.05) is 41.9 Å². The summed E-state index contributed by atoms with van der Waals surface area (Å²) in [6, 6.07) is 20.8. The van der Waals surface area contributed by atoms with E-state index in [4.69, 9.17) is 28.6 Å². The van der Waals surface area contributed by atoms with Crippen LogP contribution in [0.5, 0.6) is 11.5 Å². The van der Waals surface area contributed by atoms with Crippen molar-refractivity contribution in [3.63, 3.8) is 0 Å². The molecule has 0 aromatic heterocycles. The summed E-state index contributed by atoms with van der Waals surface area (Å²) in [6.45, 7) is 0. The van der Waals surface area contributed by atoms with Crippen molar-refractivity contribution in [3.8, 4) is 11.5 Å². The van der Waals surface area contributed by atoms with Crippen LogP contribution in [-0.4, -0.2) is 5.11 Å². The van der Waals surface area contributed by atoms with Gasteiger partial charge in [0, 0.05) is 5.02 Å². The van der Waals surface area contributed by atoms with Gasteiger partial charge >= 0.3 is 0 Å². The van der Waals surface area contributed by atoms with E-state index >= 15 is 0 Å². The summed E-state index contributed by atoms with van der Waals surface area (Å²) in [5, 5.41) is 6.56. The molecule has 0 aliphatic carbocycles. The van der Waals surface area contributed by atoms with E-state index in [1.807, 2.05) is 30.3 Å². The molecule has 126 valence electrons. The average Bonchev–Trinajstić information content (AvgIpc) is 2.60. The zero-order valence-corrected chi connectivity index (χ0v) is 14.6. The van der Waals surface area contributed by atoms with Crippen LogP contribution in [0.4, 0.5) is 15.8 Å². The highest BCUT2D eigenvalue weighted by Gasteiger charge is 2.09. The zero-order valence-electron chi connectivity index (χ0n) is 13.0. The largest absolute Gasteiger partial charge is 0.455 e. The maximum atomic E-state index is 13.7. The van der Waals surface area contributed by atoms with Crippen LogP contribution in [0.3, 0.4) is 0 Å². The summed E-state index contributed by atoms with van der Waals surface area (Å²) in [6.07, 6.45) is 0. The van der Waals surface area contributed by atoms with Crippen LogP contribution < -0.4 is 15.4 Å². The van der Waals surface area contributed by atoms with Gasteiger partial charge in [-0.05, 0) is 54.7 Å². The highest BCUT2D eigenvalue weighted by atomic mass is 35.5. The Balaban J connectivity index is 1.78. The van der Waals surface area contributed by atoms with E-state index in [0.29, 0.717) is 22.2 Å². The first-order valence-corrected chi connectivity index (χ1v) is 8.25. The van der Waals surface area contributed by atoms with Gasteiger partial charge in [0.05, 0.1) is 11.4 Å². The number of thiocarbonyl (C=S) groups is 1. The Kier molecular flexibility index (Phi) is 5.48. The number of halogens is 2. The minimum Gasteiger partial charge on any atom is -0.455 e. The van der Waals surface area contributed by atoms with Crippen LogP contribution in [0, 0.1) is 5.82 Å². The fourth-order valence-electron chi connectivity index (χ4n) is 2.14. The lowest BCUT2D eigenvalue weighted by Gasteiger charge is -2.15. The Morgan fingerprint density at radius 1 is 0.880 bits per heavy atom. The number of hydrogen-bond donors (Lipinski definition) is 2. The van der Waals surface area contributed by atoms with Crippen molar-refractivity contribution >= 4 is 40.3 Å². The SMILES string of the molecule is Fc1ccccc1NC(=S)Nc1cc(Cl)ccc1Oc1ccccc1. The second-order valence-electron chi connectivity index (χ2n) is 5.11. The molecule has 3 rings (SSSR count). The first kappa shape index (κ1) is 17.2. The monoisotopic (exact) mass is 372 g/mol. The fourth-order valence-corrected chi connectivity index (χ4v) is 2.53. The van der Waals surface area contributed by atoms with E-state index in [9.17, 15) is 4.39 Å². The molecule has 0 amide bonds. The van der Waals surface area contributed by atoms with Crippen molar-refractivity contribution in [1.82, 2.24) is 0 Å². The quantitative estimate of drug-likeness (QED) is 0.544. The van der Waals surface area contributed by atoms with E-state index in [0.717, 1.165) is 0 Å². The van der Waals surface area contributed by atoms with Crippen molar-refractivity contribution in [1.29, 1.82) is 0 Å². The van der Waals surface area contributed by atoms with Gasteiger partial charge in [-0.2, -0.15) is 0 Å². The highest BCUT2D eigenvalue weighted by molar-refractivity contribution is 7.80. The molecule has 0 bridgehead atoms. The molecule has 2 N–H and O–H groups in total. The third-order valence-electron chi connectivity index (χ3n) is 3.28. The second-order valence-corrected chi connectivity index (χ2v) is 5.96. The van der Waals surface area contributed by atoms with E-state index in [2.05, 4.69) is 10.6 Å². The average molecular weight is 373 g/mol. The van der Waals surface area contributed by atoms with Gasteiger partial charge in [-0.3, -0.25) is 0 Å². The lowest BCUT2D eigenvalue weighted by Crippen LogP contribution is -2.20. The molecular weight excluding hydrogens is 359 g/mol. The highest BCUT2D eigenvalue weighted by Crippen LogP contribution is 2.32. The van der Waals surface area contributed by atoms with Crippen LogP contribution in [0.25, 0.3) is 0 Å². The second kappa shape index (κ2) is 7.96. The van der Waals surface area contributed by atoms with Gasteiger partial charge in [-0.15, -0.1) is 0 Å². The van der Waals surface area contributed by atoms with Crippen molar-refractivity contribution in [2.24, 2.45) is 0 Å². The van der Waals surface area contributed by atoms with Gasteiger partial charge in [0.25, 0.3) is 0 Å². The van der Waals surface area contributed by atoms with Gasteiger partial charge in [0.2, 0.25) is 0 Å². The van der Waals surface area contributed by atoms with E-state index in [-0.39, 0.29) is 10.8 Å². The van der Waals surface area contributed by atoms with Gasteiger partial charge < -0.3 is 15.4 Å². The molecule has 0 fully saturated rings. The predicted molar refractivity (Wildman–Crippen MR) is 104 cm³/mol. The number of benzene rings is 3. The predicted octanol–water partition coefficient (Wildman–Crippen LogP) is 6.08. The summed E-state index contributed by atoms with van der Waals surface area (Å²) < 4.78 is 19.6. The standard InChI is InChI=1S/C19H14ClFN2OS/c20-13-10-11-18(24-14-6-2-1-3-7-14)17(12-13)23-19(25)22-16-9-5-4-8-15(16)21/h1-12H,(H2,22,23,25). The molecule has 3 aromatic carbocycles. The van der Waals surface area contributed by atoms with Gasteiger partial charge in [0.1, 0.15) is 11.6 Å². The Hall–Kier alpha value is -2.63. The smallest absolute Gasteiger partial charge is 0.175 e. The summed E-state index contributed by atoms with van der Waals surface area (Å²) >= 11 is 11.3. The van der Waals surface area contributed by atoms with Crippen LogP contribution >= 0.6 is 23.8 Å². The molecule has 3 aromatic rings. The minimum atomic E-state index is -0.390. The van der Waals surface area contributed by atoms with Crippen LogP contribution in [0.2, 0.25) is 5.02 Å². The molecule has 0 aliphatic heterocycles. The molecule has 0 spiro atoms. The number of hydrogen-bond acceptors (Lipinski definition) is 2. The number of nitrogens with one attached hydrogen (secondary N) is 2. The van der Waals surface area contributed by atoms with E-state index in [1.54, 1.807) is 36.4 Å². The van der Waals surface area contributed by atoms with E-state index < -0.39 is 5.82 Å². The van der Waals surface area contributed by atoms with E-state index in [1.165, 1.54) is 6.07 Å². The molecule has 3 nitrogen and oxygen atoms in total. The van der Waals surface area contributed by atoms with Crippen LogP contribution in [0.1, 0.15) is 0 Å². The minimum absolute atomic E-state index is 0.227. The maximum absolute atomic E-state index is 13.7. The number of ether oxygens (including phenoxy) is 1. The first-order chi connectivity index (χ1) is 12.1. The third-order valence-corrected chi connectivity index (χ3v) is 3.72. The molecular formula is C19H14ClFN2OS. The Morgan fingerprint density at radius 3 is 2.32 bits per heavy atom. The summed E-state index contributed by atoms with van der Waals surface area (Å²) in [4.78, 5) is 0. The number of para-hydroxylation sites is 2.